The summed E-state index contributed by atoms with van der Waals surface area (Å²) in [6.07, 6.45) is 3.39. The molecular weight excluding hydrogens is 492 g/mol. The molecule has 1 aliphatic rings. The Labute approximate surface area is 204 Å². The van der Waals surface area contributed by atoms with Crippen molar-refractivity contribution < 1.29 is 25.3 Å². The fraction of sp³-hybridized carbons (Fsp3) is 0.280. The molecule has 3 rings (SSSR count). The number of rotatable bonds is 5. The lowest BCUT2D eigenvalue weighted by atomic mass is 10.2. The van der Waals surface area contributed by atoms with Crippen LogP contribution < -0.4 is 0 Å². The van der Waals surface area contributed by atoms with Crippen molar-refractivity contribution in [2.45, 2.75) is 39.5 Å². The number of benzene rings is 2. The third kappa shape index (κ3) is 8.07. The maximum absolute atomic E-state index is 11.5. The van der Waals surface area contributed by atoms with Gasteiger partial charge >= 0.3 is 0 Å². The van der Waals surface area contributed by atoms with Crippen molar-refractivity contribution in [1.82, 2.24) is 0 Å². The van der Waals surface area contributed by atoms with Gasteiger partial charge in [0.1, 0.15) is 0 Å². The van der Waals surface area contributed by atoms with E-state index in [1.807, 2.05) is 42.5 Å². The van der Waals surface area contributed by atoms with E-state index in [1.54, 1.807) is 52.0 Å². The molecule has 0 aliphatic carbocycles. The van der Waals surface area contributed by atoms with Crippen molar-refractivity contribution in [3.63, 3.8) is 0 Å². The summed E-state index contributed by atoms with van der Waals surface area (Å²) in [5, 5.41) is 0. The molecular formula is C25H32O6S3. The molecule has 0 saturated heterocycles. The van der Waals surface area contributed by atoms with E-state index in [0.29, 0.717) is 14.7 Å². The molecule has 1 aliphatic heterocycles. The largest absolute Gasteiger partial charge is 0.224 e. The monoisotopic (exact) mass is 524 g/mol. The minimum Gasteiger partial charge on any atom is -0.224 e. The number of fused-ring (bicyclic) bond motifs is 1. The molecule has 9 heteroatoms. The van der Waals surface area contributed by atoms with Gasteiger partial charge in [0.25, 0.3) is 0 Å². The van der Waals surface area contributed by atoms with Crippen LogP contribution in [0.25, 0.3) is 12.2 Å². The molecule has 1 heterocycles. The average molecular weight is 525 g/mol. The predicted octanol–water partition coefficient (Wildman–Crippen LogP) is 5.27. The second kappa shape index (κ2) is 12.3. The van der Waals surface area contributed by atoms with Crippen molar-refractivity contribution in [3.05, 3.63) is 87.0 Å². The lowest BCUT2D eigenvalue weighted by Gasteiger charge is -2.00. The summed E-state index contributed by atoms with van der Waals surface area (Å²) >= 11 is 0. The van der Waals surface area contributed by atoms with Crippen LogP contribution in [0.3, 0.4) is 0 Å². The van der Waals surface area contributed by atoms with E-state index < -0.39 is 29.5 Å². The molecule has 0 fully saturated rings. The zero-order chi connectivity index (χ0) is 26.2. The predicted molar refractivity (Wildman–Crippen MR) is 141 cm³/mol. The molecule has 0 bridgehead atoms. The van der Waals surface area contributed by atoms with Crippen LogP contribution in [0.2, 0.25) is 0 Å². The van der Waals surface area contributed by atoms with Gasteiger partial charge in [0, 0.05) is 14.7 Å². The number of hydrogen-bond acceptors (Lipinski definition) is 6. The molecule has 0 atom stereocenters. The molecule has 186 valence electrons. The Morgan fingerprint density at radius 2 is 1.35 bits per heavy atom. The molecule has 6 nitrogen and oxygen atoms in total. The van der Waals surface area contributed by atoms with Gasteiger partial charge in [0.15, 0.2) is 19.7 Å². The van der Waals surface area contributed by atoms with Gasteiger partial charge in [-0.2, -0.15) is 0 Å². The van der Waals surface area contributed by atoms with Gasteiger partial charge in [-0.25, -0.2) is 25.3 Å². The Kier molecular flexibility index (Phi) is 10.7. The number of sulfone groups is 3. The first-order valence-electron chi connectivity index (χ1n) is 10.6. The highest BCUT2D eigenvalue weighted by Crippen LogP contribution is 2.31. The second-order valence-corrected chi connectivity index (χ2v) is 14.5. The molecule has 0 unspecified atom stereocenters. The molecule has 2 aromatic rings. The summed E-state index contributed by atoms with van der Waals surface area (Å²) in [4.78, 5) is 1.54. The highest BCUT2D eigenvalue weighted by Gasteiger charge is 2.25. The van der Waals surface area contributed by atoms with Crippen LogP contribution in [0.15, 0.2) is 80.8 Å². The Morgan fingerprint density at radius 3 is 1.79 bits per heavy atom. The highest BCUT2D eigenvalue weighted by atomic mass is 32.2. The second-order valence-electron chi connectivity index (χ2n) is 7.47. The first-order chi connectivity index (χ1) is 15.7. The summed E-state index contributed by atoms with van der Waals surface area (Å²) in [7, 11) is -9.09. The van der Waals surface area contributed by atoms with Gasteiger partial charge in [0.2, 0.25) is 9.84 Å². The first-order valence-corrected chi connectivity index (χ1v) is 15.3. The van der Waals surface area contributed by atoms with Crippen molar-refractivity contribution >= 4 is 41.7 Å². The number of allylic oxidation sites excluding steroid dienone is 3. The summed E-state index contributed by atoms with van der Waals surface area (Å²) in [6.45, 7) is 11.3. The van der Waals surface area contributed by atoms with E-state index in [-0.39, 0.29) is 16.4 Å². The van der Waals surface area contributed by atoms with E-state index >= 15 is 0 Å². The Balaban J connectivity index is 0.000000265. The van der Waals surface area contributed by atoms with Crippen LogP contribution in [0, 0.1) is 0 Å². The molecule has 0 radical (unpaired) electrons. The SMILES string of the molecule is C=C(C)S(=O)(=O)CC.CC1=Cc2ccccc2S1(=O)=O.CCS(=O)(=O)/C(C)=C/c1ccccc1. The van der Waals surface area contributed by atoms with Crippen LogP contribution >= 0.6 is 0 Å². The third-order valence-electron chi connectivity index (χ3n) is 4.94. The minimum atomic E-state index is -3.12. The lowest BCUT2D eigenvalue weighted by Crippen LogP contribution is -2.03. The molecule has 0 saturated carbocycles. The van der Waals surface area contributed by atoms with Crippen molar-refractivity contribution in [3.8, 4) is 0 Å². The van der Waals surface area contributed by atoms with Gasteiger partial charge in [-0.1, -0.05) is 69.0 Å². The van der Waals surface area contributed by atoms with Gasteiger partial charge in [-0.15, -0.1) is 0 Å². The van der Waals surface area contributed by atoms with Gasteiger partial charge < -0.3 is 0 Å². The van der Waals surface area contributed by atoms with Crippen molar-refractivity contribution in [1.29, 1.82) is 0 Å². The normalized spacial score (nSPS) is 14.5. The molecule has 0 spiro atoms. The average Bonchev–Trinajstić information content (AvgIpc) is 3.03. The third-order valence-corrected chi connectivity index (χ3v) is 10.5. The quantitative estimate of drug-likeness (QED) is 0.528. The standard InChI is InChI=1S/C11H14O2S.C9H8O2S.C5H10O2S/c1-3-14(12,13)10(2)9-11-7-5-4-6-8-11;1-7-6-8-4-2-3-5-9(8)12(7,10)11;1-4-8(6,7)5(2)3/h4-9H,3H2,1-2H3;2-6H,1H3;2,4H2,1,3H3/b10-9+;;. The van der Waals surface area contributed by atoms with Crippen molar-refractivity contribution in [2.75, 3.05) is 11.5 Å². The van der Waals surface area contributed by atoms with E-state index in [2.05, 4.69) is 6.58 Å². The summed E-state index contributed by atoms with van der Waals surface area (Å²) in [6, 6.07) is 16.5. The van der Waals surface area contributed by atoms with Crippen LogP contribution in [0.5, 0.6) is 0 Å². The molecule has 2 aromatic carbocycles. The molecule has 0 amide bonds. The smallest absolute Gasteiger partial charge is 0.203 e. The van der Waals surface area contributed by atoms with E-state index in [4.69, 9.17) is 0 Å². The summed E-state index contributed by atoms with van der Waals surface area (Å²) in [5.41, 5.74) is 1.72. The minimum absolute atomic E-state index is 0.155. The molecule has 0 N–H and O–H groups in total. The summed E-state index contributed by atoms with van der Waals surface area (Å²) in [5.74, 6) is 0.310. The Hall–Kier alpha value is -2.49. The van der Waals surface area contributed by atoms with E-state index in [1.165, 1.54) is 6.92 Å². The number of hydrogen-bond donors (Lipinski definition) is 0. The zero-order valence-electron chi connectivity index (χ0n) is 20.1. The first kappa shape index (κ1) is 29.5. The van der Waals surface area contributed by atoms with Crippen LogP contribution in [-0.2, 0) is 29.5 Å². The lowest BCUT2D eigenvalue weighted by molar-refractivity contribution is 0.601. The Bertz CT molecular complexity index is 1380. The summed E-state index contributed by atoms with van der Waals surface area (Å²) < 4.78 is 67.1. The maximum Gasteiger partial charge on any atom is 0.203 e. The van der Waals surface area contributed by atoms with Gasteiger partial charge in [-0.3, -0.25) is 0 Å². The van der Waals surface area contributed by atoms with Crippen LogP contribution in [-0.4, -0.2) is 36.8 Å². The highest BCUT2D eigenvalue weighted by molar-refractivity contribution is 7.96. The zero-order valence-corrected chi connectivity index (χ0v) is 22.6. The molecule has 34 heavy (non-hydrogen) atoms. The Morgan fingerprint density at radius 1 is 0.853 bits per heavy atom. The van der Waals surface area contributed by atoms with E-state index in [0.717, 1.165) is 11.1 Å². The van der Waals surface area contributed by atoms with Gasteiger partial charge in [0.05, 0.1) is 16.4 Å². The fourth-order valence-corrected chi connectivity index (χ4v) is 5.25. The topological polar surface area (TPSA) is 102 Å². The van der Waals surface area contributed by atoms with Crippen molar-refractivity contribution in [2.24, 2.45) is 0 Å². The van der Waals surface area contributed by atoms with Crippen LogP contribution in [0.1, 0.15) is 45.7 Å². The van der Waals surface area contributed by atoms with Gasteiger partial charge in [-0.05, 0) is 50.1 Å². The fourth-order valence-electron chi connectivity index (χ4n) is 2.66. The molecule has 0 aromatic heterocycles. The maximum atomic E-state index is 11.5. The van der Waals surface area contributed by atoms with E-state index in [9.17, 15) is 25.3 Å². The van der Waals surface area contributed by atoms with Crippen LogP contribution in [0.4, 0.5) is 0 Å².